The Morgan fingerprint density at radius 1 is 1.10 bits per heavy atom. The number of aromatic nitrogens is 2. The lowest BCUT2D eigenvalue weighted by Crippen LogP contribution is -2.21. The summed E-state index contributed by atoms with van der Waals surface area (Å²) in [7, 11) is 3.99. The van der Waals surface area contributed by atoms with Crippen LogP contribution in [-0.4, -0.2) is 42.1 Å². The van der Waals surface area contributed by atoms with Crippen LogP contribution in [0.3, 0.4) is 0 Å². The second-order valence-electron chi connectivity index (χ2n) is 5.04. The summed E-state index contributed by atoms with van der Waals surface area (Å²) in [6.45, 7) is 2.91. The quantitative estimate of drug-likeness (QED) is 0.730. The number of anilines is 2. The molecule has 0 aliphatic carbocycles. The van der Waals surface area contributed by atoms with Crippen molar-refractivity contribution >= 4 is 11.6 Å². The van der Waals surface area contributed by atoms with Gasteiger partial charge in [0.1, 0.15) is 11.6 Å². The fourth-order valence-electron chi connectivity index (χ4n) is 2.11. The van der Waals surface area contributed by atoms with E-state index in [1.165, 1.54) is 5.56 Å². The molecule has 0 amide bonds. The third-order valence-corrected chi connectivity index (χ3v) is 3.21. The van der Waals surface area contributed by atoms with Crippen LogP contribution in [0.15, 0.2) is 42.7 Å². The molecule has 0 saturated heterocycles. The van der Waals surface area contributed by atoms with E-state index in [9.17, 15) is 0 Å². The van der Waals surface area contributed by atoms with Gasteiger partial charge in [0, 0.05) is 20.1 Å². The lowest BCUT2D eigenvalue weighted by atomic mass is 10.2. The summed E-state index contributed by atoms with van der Waals surface area (Å²) < 4.78 is 0. The monoisotopic (exact) mass is 285 g/mol. The molecule has 2 aromatic rings. The smallest absolute Gasteiger partial charge is 0.146 e. The van der Waals surface area contributed by atoms with Crippen molar-refractivity contribution in [3.05, 3.63) is 48.3 Å². The summed E-state index contributed by atoms with van der Waals surface area (Å²) in [6.07, 6.45) is 4.52. The zero-order valence-electron chi connectivity index (χ0n) is 12.7. The van der Waals surface area contributed by atoms with Gasteiger partial charge in [-0.2, -0.15) is 0 Å². The minimum absolute atomic E-state index is 0.779. The van der Waals surface area contributed by atoms with E-state index in [0.29, 0.717) is 0 Å². The predicted octanol–water partition coefficient (Wildman–Crippen LogP) is 2.45. The van der Waals surface area contributed by atoms with Gasteiger partial charge in [-0.3, -0.25) is 4.98 Å². The van der Waals surface area contributed by atoms with Gasteiger partial charge in [0.05, 0.1) is 12.4 Å². The molecule has 1 aromatic heterocycles. The van der Waals surface area contributed by atoms with Crippen LogP contribution in [0.2, 0.25) is 0 Å². The van der Waals surface area contributed by atoms with Crippen LogP contribution in [0.25, 0.3) is 0 Å². The molecule has 0 unspecified atom stereocenters. The Morgan fingerprint density at radius 3 is 2.62 bits per heavy atom. The number of benzene rings is 1. The largest absolute Gasteiger partial charge is 0.372 e. The van der Waals surface area contributed by atoms with Crippen molar-refractivity contribution in [2.75, 3.05) is 37.8 Å². The van der Waals surface area contributed by atoms with Crippen molar-refractivity contribution in [3.8, 4) is 0 Å². The summed E-state index contributed by atoms with van der Waals surface area (Å²) in [5.74, 6) is 1.59. The molecular weight excluding hydrogens is 262 g/mol. The summed E-state index contributed by atoms with van der Waals surface area (Å²) >= 11 is 0. The second kappa shape index (κ2) is 8.21. The van der Waals surface area contributed by atoms with Crippen LogP contribution in [0, 0.1) is 0 Å². The van der Waals surface area contributed by atoms with Gasteiger partial charge in [-0.05, 0) is 25.6 Å². The van der Waals surface area contributed by atoms with Gasteiger partial charge < -0.3 is 15.5 Å². The molecule has 0 fully saturated rings. The minimum Gasteiger partial charge on any atom is -0.372 e. The topological polar surface area (TPSA) is 53.1 Å². The van der Waals surface area contributed by atoms with Crippen molar-refractivity contribution in [2.45, 2.75) is 13.0 Å². The summed E-state index contributed by atoms with van der Waals surface area (Å²) in [5.41, 5.74) is 1.35. The van der Waals surface area contributed by atoms with Crippen molar-refractivity contribution in [2.24, 2.45) is 0 Å². The zero-order valence-corrected chi connectivity index (χ0v) is 12.7. The van der Waals surface area contributed by atoms with Gasteiger partial charge in [0.25, 0.3) is 0 Å². The van der Waals surface area contributed by atoms with E-state index >= 15 is 0 Å². The average Bonchev–Trinajstić information content (AvgIpc) is 2.53. The molecule has 1 heterocycles. The van der Waals surface area contributed by atoms with E-state index in [4.69, 9.17) is 0 Å². The Balaban J connectivity index is 1.67. The average molecular weight is 285 g/mol. The van der Waals surface area contributed by atoms with Crippen LogP contribution in [0.5, 0.6) is 0 Å². The highest BCUT2D eigenvalue weighted by atomic mass is 15.1. The second-order valence-corrected chi connectivity index (χ2v) is 5.04. The molecular formula is C16H23N5. The summed E-state index contributed by atoms with van der Waals surface area (Å²) in [6, 6.07) is 10.5. The summed E-state index contributed by atoms with van der Waals surface area (Å²) in [5, 5.41) is 6.28. The number of hydrogen-bond donors (Lipinski definition) is 2. The molecule has 112 valence electrons. The third-order valence-electron chi connectivity index (χ3n) is 3.21. The Morgan fingerprint density at radius 2 is 1.86 bits per heavy atom. The molecule has 0 radical (unpaired) electrons. The van der Waals surface area contributed by atoms with Gasteiger partial charge in [-0.25, -0.2) is 4.98 Å². The van der Waals surface area contributed by atoms with Crippen LogP contribution < -0.4 is 10.6 Å². The Kier molecular flexibility index (Phi) is 5.97. The fourth-order valence-corrected chi connectivity index (χ4v) is 2.11. The molecule has 0 atom stereocenters. The van der Waals surface area contributed by atoms with E-state index in [2.05, 4.69) is 56.8 Å². The Bertz CT molecular complexity index is 529. The van der Waals surface area contributed by atoms with E-state index in [0.717, 1.165) is 37.7 Å². The maximum Gasteiger partial charge on any atom is 0.146 e. The molecule has 1 aromatic carbocycles. The lowest BCUT2D eigenvalue weighted by molar-refractivity contribution is 0.325. The standard InChI is InChI=1S/C16H23N5/c1-17-15-11-18-12-16(20-15)19-9-6-10-21(2)13-14-7-4-3-5-8-14/h3-5,7-8,11-12H,6,9-10,13H2,1-2H3,(H2,17,19,20). The highest BCUT2D eigenvalue weighted by molar-refractivity contribution is 5.40. The first-order valence-corrected chi connectivity index (χ1v) is 7.24. The number of rotatable bonds is 8. The number of hydrogen-bond acceptors (Lipinski definition) is 5. The van der Waals surface area contributed by atoms with Crippen molar-refractivity contribution in [3.63, 3.8) is 0 Å². The van der Waals surface area contributed by atoms with Crippen molar-refractivity contribution < 1.29 is 0 Å². The van der Waals surface area contributed by atoms with Gasteiger partial charge in [0.2, 0.25) is 0 Å². The van der Waals surface area contributed by atoms with Gasteiger partial charge >= 0.3 is 0 Å². The number of nitrogens with zero attached hydrogens (tertiary/aromatic N) is 3. The van der Waals surface area contributed by atoms with Crippen molar-refractivity contribution in [1.29, 1.82) is 0 Å². The fraction of sp³-hybridized carbons (Fsp3) is 0.375. The maximum absolute atomic E-state index is 4.38. The summed E-state index contributed by atoms with van der Waals surface area (Å²) in [4.78, 5) is 10.8. The third kappa shape index (κ3) is 5.39. The van der Waals surface area contributed by atoms with Gasteiger partial charge in [0.15, 0.2) is 0 Å². The molecule has 21 heavy (non-hydrogen) atoms. The molecule has 0 bridgehead atoms. The predicted molar refractivity (Wildman–Crippen MR) is 87.5 cm³/mol. The van der Waals surface area contributed by atoms with Gasteiger partial charge in [-0.1, -0.05) is 30.3 Å². The Hall–Kier alpha value is -2.14. The van der Waals surface area contributed by atoms with Crippen molar-refractivity contribution in [1.82, 2.24) is 14.9 Å². The van der Waals surface area contributed by atoms with E-state index in [1.54, 1.807) is 12.4 Å². The van der Waals surface area contributed by atoms with E-state index in [-0.39, 0.29) is 0 Å². The van der Waals surface area contributed by atoms with E-state index < -0.39 is 0 Å². The molecule has 0 aliphatic rings. The van der Waals surface area contributed by atoms with Crippen LogP contribution >= 0.6 is 0 Å². The molecule has 5 nitrogen and oxygen atoms in total. The molecule has 5 heteroatoms. The van der Waals surface area contributed by atoms with Crippen LogP contribution in [-0.2, 0) is 6.54 Å². The molecule has 2 rings (SSSR count). The lowest BCUT2D eigenvalue weighted by Gasteiger charge is -2.16. The molecule has 0 saturated carbocycles. The Labute approximate surface area is 126 Å². The first-order valence-electron chi connectivity index (χ1n) is 7.24. The van der Waals surface area contributed by atoms with Crippen LogP contribution in [0.1, 0.15) is 12.0 Å². The minimum atomic E-state index is 0.779. The van der Waals surface area contributed by atoms with Crippen LogP contribution in [0.4, 0.5) is 11.6 Å². The maximum atomic E-state index is 4.38. The number of nitrogens with one attached hydrogen (secondary N) is 2. The SMILES string of the molecule is CNc1cncc(NCCCN(C)Cc2ccccc2)n1. The zero-order chi connectivity index (χ0) is 14.9. The highest BCUT2D eigenvalue weighted by Gasteiger charge is 2.00. The normalized spacial score (nSPS) is 10.6. The molecule has 0 aliphatic heterocycles. The van der Waals surface area contributed by atoms with E-state index in [1.807, 2.05) is 13.1 Å². The molecule has 2 N–H and O–H groups in total. The van der Waals surface area contributed by atoms with Gasteiger partial charge in [-0.15, -0.1) is 0 Å². The first kappa shape index (κ1) is 15.3. The highest BCUT2D eigenvalue weighted by Crippen LogP contribution is 2.06. The first-order chi connectivity index (χ1) is 10.3. The molecule has 0 spiro atoms.